The minimum atomic E-state index is -3.17. The fraction of sp³-hybridized carbons (Fsp3) is 0.150. The van der Waals surface area contributed by atoms with Crippen molar-refractivity contribution in [1.29, 1.82) is 0 Å². The first kappa shape index (κ1) is 14.4. The maximum Gasteiger partial charge on any atom is 0.408 e. The van der Waals surface area contributed by atoms with Gasteiger partial charge in [-0.3, -0.25) is 0 Å². The normalized spacial score (nSPS) is 20.1. The van der Waals surface area contributed by atoms with Gasteiger partial charge >= 0.3 is 12.0 Å². The van der Waals surface area contributed by atoms with Crippen molar-refractivity contribution in [1.82, 2.24) is 5.32 Å². The lowest BCUT2D eigenvalue weighted by molar-refractivity contribution is -0.103. The lowest BCUT2D eigenvalue weighted by atomic mass is 9.88. The Kier molecular flexibility index (Phi) is 2.76. The smallest absolute Gasteiger partial charge is 0.408 e. The topological polar surface area (TPSA) is 38.3 Å². The van der Waals surface area contributed by atoms with E-state index < -0.39 is 24.7 Å². The number of carbonyl (C=O) groups is 1. The molecule has 4 aromatic rings. The maximum atomic E-state index is 14.4. The van der Waals surface area contributed by atoms with Crippen LogP contribution in [0.5, 0.6) is 0 Å². The zero-order chi connectivity index (χ0) is 17.2. The van der Waals surface area contributed by atoms with Gasteiger partial charge in [-0.15, -0.1) is 0 Å². The molecule has 3 nitrogen and oxygen atoms in total. The van der Waals surface area contributed by atoms with Crippen LogP contribution in [0.2, 0.25) is 0 Å². The Hall–Kier alpha value is -2.95. The Bertz CT molecular complexity index is 1120. The molecule has 1 saturated heterocycles. The summed E-state index contributed by atoms with van der Waals surface area (Å²) in [6.07, 6.45) is -0.818. The summed E-state index contributed by atoms with van der Waals surface area (Å²) < 4.78 is 33.3. The number of carbonyl (C=O) groups excluding carboxylic acids is 1. The zero-order valence-electron chi connectivity index (χ0n) is 13.1. The van der Waals surface area contributed by atoms with Crippen molar-refractivity contribution in [3.63, 3.8) is 0 Å². The van der Waals surface area contributed by atoms with E-state index in [1.807, 2.05) is 48.5 Å². The molecule has 25 heavy (non-hydrogen) atoms. The fourth-order valence-electron chi connectivity index (χ4n) is 3.83. The molecule has 1 aliphatic rings. The highest BCUT2D eigenvalue weighted by Crippen LogP contribution is 2.42. The molecule has 0 unspecified atom stereocenters. The van der Waals surface area contributed by atoms with Gasteiger partial charge in [0, 0.05) is 0 Å². The van der Waals surface area contributed by atoms with Gasteiger partial charge in [-0.1, -0.05) is 54.6 Å². The van der Waals surface area contributed by atoms with E-state index in [4.69, 9.17) is 0 Å². The Labute approximate surface area is 141 Å². The lowest BCUT2D eigenvalue weighted by Gasteiger charge is -2.32. The average molecular weight is 337 g/mol. The number of hydrogen-bond donors (Lipinski definition) is 1. The summed E-state index contributed by atoms with van der Waals surface area (Å²) in [7, 11) is 0. The van der Waals surface area contributed by atoms with Gasteiger partial charge in [-0.25, -0.2) is 13.6 Å². The van der Waals surface area contributed by atoms with E-state index in [1.54, 1.807) is 6.07 Å². The third-order valence-electron chi connectivity index (χ3n) is 4.95. The average Bonchev–Trinajstić information content (AvgIpc) is 2.62. The van der Waals surface area contributed by atoms with Crippen molar-refractivity contribution in [3.05, 3.63) is 60.2 Å². The molecule has 1 N–H and O–H groups in total. The van der Waals surface area contributed by atoms with Gasteiger partial charge in [0.05, 0.1) is 0 Å². The molecule has 0 radical (unpaired) electrons. The van der Waals surface area contributed by atoms with Crippen LogP contribution in [0, 0.1) is 0 Å². The lowest BCUT2D eigenvalue weighted by Crippen LogP contribution is -2.49. The van der Waals surface area contributed by atoms with E-state index in [1.165, 1.54) is 0 Å². The Morgan fingerprint density at radius 3 is 2.32 bits per heavy atom. The van der Waals surface area contributed by atoms with Gasteiger partial charge in [-0.05, 0) is 37.9 Å². The minimum absolute atomic E-state index is 0.410. The van der Waals surface area contributed by atoms with E-state index >= 15 is 0 Å². The molecule has 4 aromatic carbocycles. The van der Waals surface area contributed by atoms with E-state index in [2.05, 4.69) is 10.1 Å². The van der Waals surface area contributed by atoms with Gasteiger partial charge in [-0.2, -0.15) is 0 Å². The molecule has 0 bridgehead atoms. The van der Waals surface area contributed by atoms with Crippen LogP contribution < -0.4 is 5.32 Å². The number of amides is 1. The van der Waals surface area contributed by atoms with Crippen LogP contribution in [-0.4, -0.2) is 18.6 Å². The van der Waals surface area contributed by atoms with Gasteiger partial charge in [0.15, 0.2) is 6.61 Å². The number of nitrogens with one attached hydrogen (secondary N) is 1. The number of hydrogen-bond acceptors (Lipinski definition) is 2. The number of benzene rings is 4. The molecule has 0 aliphatic carbocycles. The van der Waals surface area contributed by atoms with Gasteiger partial charge in [0.25, 0.3) is 0 Å². The summed E-state index contributed by atoms with van der Waals surface area (Å²) in [5.74, 6) is -3.17. The summed E-state index contributed by atoms with van der Waals surface area (Å²) in [5.41, 5.74) is 0.410. The van der Waals surface area contributed by atoms with Crippen molar-refractivity contribution in [2.45, 2.75) is 12.0 Å². The van der Waals surface area contributed by atoms with Gasteiger partial charge in [0.1, 0.15) is 6.04 Å². The second-order valence-electron chi connectivity index (χ2n) is 6.43. The predicted octanol–water partition coefficient (Wildman–Crippen LogP) is 5.00. The largest absolute Gasteiger partial charge is 0.443 e. The predicted molar refractivity (Wildman–Crippen MR) is 92.3 cm³/mol. The summed E-state index contributed by atoms with van der Waals surface area (Å²) in [4.78, 5) is 11.5. The van der Waals surface area contributed by atoms with Crippen LogP contribution in [-0.2, 0) is 4.74 Å². The molecule has 0 spiro atoms. The van der Waals surface area contributed by atoms with Crippen LogP contribution in [0.4, 0.5) is 13.6 Å². The van der Waals surface area contributed by atoms with Crippen LogP contribution in [0.15, 0.2) is 54.6 Å². The van der Waals surface area contributed by atoms with E-state index in [0.29, 0.717) is 5.56 Å². The van der Waals surface area contributed by atoms with Crippen molar-refractivity contribution in [2.75, 3.05) is 6.61 Å². The number of rotatable bonds is 1. The first-order valence-electron chi connectivity index (χ1n) is 8.02. The van der Waals surface area contributed by atoms with Crippen molar-refractivity contribution >= 4 is 38.4 Å². The summed E-state index contributed by atoms with van der Waals surface area (Å²) in [6.45, 7) is -0.911. The fourth-order valence-corrected chi connectivity index (χ4v) is 3.83. The number of ether oxygens (including phenoxy) is 1. The highest BCUT2D eigenvalue weighted by Gasteiger charge is 2.47. The Morgan fingerprint density at radius 1 is 0.920 bits per heavy atom. The summed E-state index contributed by atoms with van der Waals surface area (Å²) in [6, 6.07) is 15.9. The van der Waals surface area contributed by atoms with Gasteiger partial charge < -0.3 is 10.1 Å². The molecule has 1 amide bonds. The van der Waals surface area contributed by atoms with Crippen LogP contribution in [0.1, 0.15) is 11.6 Å². The maximum absolute atomic E-state index is 14.4. The zero-order valence-corrected chi connectivity index (χ0v) is 13.1. The molecule has 1 heterocycles. The number of alkyl halides is 2. The molecular formula is C20H13F2NO2. The number of alkyl carbamates (subject to hydrolysis) is 1. The first-order chi connectivity index (χ1) is 12.0. The quantitative estimate of drug-likeness (QED) is 0.496. The second-order valence-corrected chi connectivity index (χ2v) is 6.43. The molecule has 5 rings (SSSR count). The third-order valence-corrected chi connectivity index (χ3v) is 4.95. The van der Waals surface area contributed by atoms with Crippen molar-refractivity contribution < 1.29 is 18.3 Å². The van der Waals surface area contributed by atoms with Crippen LogP contribution in [0.25, 0.3) is 32.3 Å². The molecule has 1 fully saturated rings. The first-order valence-corrected chi connectivity index (χ1v) is 8.02. The molecule has 0 saturated carbocycles. The molecule has 1 atom stereocenters. The van der Waals surface area contributed by atoms with Crippen LogP contribution >= 0.6 is 0 Å². The standard InChI is InChI=1S/C20H13F2NO2/c21-20(22)10-25-19(24)23-18(20)15-9-7-13-5-4-11-2-1-3-12-6-8-14(15)17(13)16(11)12/h1-9,18H,10H2,(H,23,24)/t18-/m0/s1. The molecule has 5 heteroatoms. The number of halogens is 2. The van der Waals surface area contributed by atoms with E-state index in [-0.39, 0.29) is 0 Å². The van der Waals surface area contributed by atoms with Crippen molar-refractivity contribution in [2.24, 2.45) is 0 Å². The monoisotopic (exact) mass is 337 g/mol. The molecule has 1 aliphatic heterocycles. The van der Waals surface area contributed by atoms with E-state index in [9.17, 15) is 13.6 Å². The Balaban J connectivity index is 1.86. The highest BCUT2D eigenvalue weighted by molar-refractivity contribution is 6.23. The van der Waals surface area contributed by atoms with Gasteiger partial charge in [0.2, 0.25) is 0 Å². The number of cyclic esters (lactones) is 1. The minimum Gasteiger partial charge on any atom is -0.443 e. The molecule has 0 aromatic heterocycles. The summed E-state index contributed by atoms with van der Waals surface area (Å²) >= 11 is 0. The summed E-state index contributed by atoms with van der Waals surface area (Å²) in [5, 5.41) is 8.14. The molecular weight excluding hydrogens is 324 g/mol. The van der Waals surface area contributed by atoms with Crippen molar-refractivity contribution in [3.8, 4) is 0 Å². The van der Waals surface area contributed by atoms with Crippen LogP contribution in [0.3, 0.4) is 0 Å². The second kappa shape index (κ2) is 4.79. The highest BCUT2D eigenvalue weighted by atomic mass is 19.3. The Morgan fingerprint density at radius 2 is 1.56 bits per heavy atom. The third kappa shape index (κ3) is 1.98. The van der Waals surface area contributed by atoms with E-state index in [0.717, 1.165) is 32.3 Å². The molecule has 124 valence electrons. The SMILES string of the molecule is O=C1N[C@@H](c2ccc3ccc4cccc5ccc2c3c45)C(F)(F)CO1.